The fraction of sp³-hybridized carbons (Fsp3) is 0.529. The van der Waals surface area contributed by atoms with Crippen molar-refractivity contribution in [2.75, 3.05) is 13.1 Å². The van der Waals surface area contributed by atoms with Crippen molar-refractivity contribution in [3.8, 4) is 11.3 Å². The highest BCUT2D eigenvalue weighted by atomic mass is 35.5. The van der Waals surface area contributed by atoms with E-state index in [0.29, 0.717) is 25.6 Å². The van der Waals surface area contributed by atoms with Gasteiger partial charge in [0.25, 0.3) is 0 Å². The largest absolute Gasteiger partial charge is 0.444 e. The Morgan fingerprint density at radius 2 is 1.82 bits per heavy atom. The number of halogens is 1. The third-order valence-electron chi connectivity index (χ3n) is 9.28. The van der Waals surface area contributed by atoms with Crippen molar-refractivity contribution in [2.45, 2.75) is 90.1 Å². The minimum Gasteiger partial charge on any atom is -0.444 e. The van der Waals surface area contributed by atoms with E-state index >= 15 is 0 Å². The number of likely N-dealkylation sites (tertiary alicyclic amines) is 1. The fourth-order valence-electron chi connectivity index (χ4n) is 7.39. The number of fused-ring (bicyclic) bond motifs is 2. The maximum atomic E-state index is 12.7. The summed E-state index contributed by atoms with van der Waals surface area (Å²) in [5.74, 6) is -0.0318. The Morgan fingerprint density at radius 3 is 2.56 bits per heavy atom. The summed E-state index contributed by atoms with van der Waals surface area (Å²) >= 11 is 6.38. The van der Waals surface area contributed by atoms with Crippen molar-refractivity contribution in [3.63, 3.8) is 0 Å². The van der Waals surface area contributed by atoms with Crippen molar-refractivity contribution >= 4 is 28.7 Å². The molecule has 1 saturated carbocycles. The van der Waals surface area contributed by atoms with E-state index in [4.69, 9.17) is 35.9 Å². The van der Waals surface area contributed by atoms with Crippen LogP contribution >= 0.6 is 11.6 Å². The SMILES string of the molecule is CC(C)(C)OC(=O)N1CCC([C@H]2C[C@@H](n3cc(-c4ccn(Cc5ccccc5)n4)c4cnc(Cl)nc43)[C@@H]3OC(C)(C)O[C@@H]32)CC1. The van der Waals surface area contributed by atoms with E-state index in [2.05, 4.69) is 27.9 Å². The van der Waals surface area contributed by atoms with Gasteiger partial charge in [-0.2, -0.15) is 10.1 Å². The first-order valence-corrected chi connectivity index (χ1v) is 16.3. The Labute approximate surface area is 268 Å². The van der Waals surface area contributed by atoms with Crippen LogP contribution in [0.5, 0.6) is 0 Å². The smallest absolute Gasteiger partial charge is 0.410 e. The summed E-state index contributed by atoms with van der Waals surface area (Å²) in [7, 11) is 0. The lowest BCUT2D eigenvalue weighted by Gasteiger charge is -2.37. The number of amides is 1. The minimum atomic E-state index is -0.696. The molecule has 5 heterocycles. The number of carbonyl (C=O) groups is 1. The van der Waals surface area contributed by atoms with Gasteiger partial charge in [0.1, 0.15) is 17.4 Å². The third kappa shape index (κ3) is 6.07. The van der Waals surface area contributed by atoms with Crippen LogP contribution < -0.4 is 0 Å². The second kappa shape index (κ2) is 11.4. The molecular formula is C34H41ClN6O4. The van der Waals surface area contributed by atoms with E-state index in [1.807, 2.05) is 74.7 Å². The summed E-state index contributed by atoms with van der Waals surface area (Å²) in [6.45, 7) is 11.7. The molecule has 11 heteroatoms. The Hall–Kier alpha value is -3.47. The topological polar surface area (TPSA) is 96.5 Å². The average molecular weight is 633 g/mol. The number of ether oxygens (including phenoxy) is 3. The highest BCUT2D eigenvalue weighted by molar-refractivity contribution is 6.28. The average Bonchev–Trinajstić information content (AvgIpc) is 3.74. The lowest BCUT2D eigenvalue weighted by Crippen LogP contribution is -2.44. The number of piperidine rings is 1. The first-order chi connectivity index (χ1) is 21.4. The minimum absolute atomic E-state index is 0.0146. The molecule has 4 aromatic rings. The van der Waals surface area contributed by atoms with Crippen molar-refractivity contribution in [3.05, 3.63) is 65.8 Å². The molecule has 3 aromatic heterocycles. The van der Waals surface area contributed by atoms with Gasteiger partial charge in [0.15, 0.2) is 5.79 Å². The van der Waals surface area contributed by atoms with E-state index in [1.165, 1.54) is 5.56 Å². The molecule has 2 saturated heterocycles. The third-order valence-corrected chi connectivity index (χ3v) is 9.46. The lowest BCUT2D eigenvalue weighted by atomic mass is 9.82. The van der Waals surface area contributed by atoms with E-state index in [-0.39, 0.29) is 35.5 Å². The van der Waals surface area contributed by atoms with Gasteiger partial charge in [0, 0.05) is 42.6 Å². The lowest BCUT2D eigenvalue weighted by molar-refractivity contribution is -0.163. The maximum Gasteiger partial charge on any atom is 0.410 e. The summed E-state index contributed by atoms with van der Waals surface area (Å²) in [4.78, 5) is 23.6. The van der Waals surface area contributed by atoms with Crippen molar-refractivity contribution < 1.29 is 19.0 Å². The van der Waals surface area contributed by atoms with Gasteiger partial charge in [-0.15, -0.1) is 0 Å². The van der Waals surface area contributed by atoms with E-state index in [9.17, 15) is 4.79 Å². The van der Waals surface area contributed by atoms with Crippen LogP contribution in [0.4, 0.5) is 4.79 Å². The van der Waals surface area contributed by atoms with E-state index < -0.39 is 11.4 Å². The molecule has 1 amide bonds. The summed E-state index contributed by atoms with van der Waals surface area (Å²) in [5.41, 5.74) is 3.25. The molecule has 10 nitrogen and oxygen atoms in total. The van der Waals surface area contributed by atoms with Crippen LogP contribution in [0.1, 0.15) is 65.5 Å². The molecular weight excluding hydrogens is 592 g/mol. The highest BCUT2D eigenvalue weighted by Gasteiger charge is 2.56. The molecule has 1 aromatic carbocycles. The molecule has 238 valence electrons. The van der Waals surface area contributed by atoms with Gasteiger partial charge < -0.3 is 23.7 Å². The first kappa shape index (κ1) is 30.2. The Bertz CT molecular complexity index is 1690. The fourth-order valence-corrected chi connectivity index (χ4v) is 7.52. The first-order valence-electron chi connectivity index (χ1n) is 15.9. The Kier molecular flexibility index (Phi) is 7.65. The van der Waals surface area contributed by atoms with Gasteiger partial charge in [-0.1, -0.05) is 30.3 Å². The maximum absolute atomic E-state index is 12.7. The number of aromatic nitrogens is 5. The molecule has 4 atom stereocenters. The summed E-state index contributed by atoms with van der Waals surface area (Å²) in [6.07, 6.45) is 8.14. The number of hydrogen-bond acceptors (Lipinski definition) is 7. The predicted molar refractivity (Wildman–Crippen MR) is 171 cm³/mol. The predicted octanol–water partition coefficient (Wildman–Crippen LogP) is 6.72. The molecule has 1 aliphatic carbocycles. The molecule has 0 radical (unpaired) electrons. The van der Waals surface area contributed by atoms with Gasteiger partial charge in [0.05, 0.1) is 24.4 Å². The highest BCUT2D eigenvalue weighted by Crippen LogP contribution is 2.52. The van der Waals surface area contributed by atoms with Crippen molar-refractivity contribution in [1.29, 1.82) is 0 Å². The van der Waals surface area contributed by atoms with Gasteiger partial charge >= 0.3 is 6.09 Å². The van der Waals surface area contributed by atoms with Crippen LogP contribution in [0.15, 0.2) is 55.0 Å². The Balaban J connectivity index is 1.17. The summed E-state index contributed by atoms with van der Waals surface area (Å²) < 4.78 is 23.0. The Morgan fingerprint density at radius 1 is 1.09 bits per heavy atom. The van der Waals surface area contributed by atoms with Crippen LogP contribution in [-0.4, -0.2) is 72.0 Å². The van der Waals surface area contributed by atoms with Crippen LogP contribution in [0.25, 0.3) is 22.3 Å². The number of rotatable bonds is 5. The number of nitrogens with zero attached hydrogens (tertiary/aromatic N) is 6. The van der Waals surface area contributed by atoms with Gasteiger partial charge in [-0.25, -0.2) is 9.78 Å². The zero-order valence-electron chi connectivity index (χ0n) is 26.5. The van der Waals surface area contributed by atoms with Crippen LogP contribution in [0.3, 0.4) is 0 Å². The molecule has 45 heavy (non-hydrogen) atoms. The molecule has 0 N–H and O–H groups in total. The molecule has 3 fully saturated rings. The van der Waals surface area contributed by atoms with Crippen molar-refractivity contribution in [1.82, 2.24) is 29.2 Å². The summed E-state index contributed by atoms with van der Waals surface area (Å²) in [6, 6.07) is 12.3. The molecule has 3 aliphatic rings. The zero-order chi connectivity index (χ0) is 31.5. The van der Waals surface area contributed by atoms with Crippen LogP contribution in [0.2, 0.25) is 5.28 Å². The second-order valence-corrected chi connectivity index (χ2v) is 14.4. The zero-order valence-corrected chi connectivity index (χ0v) is 27.3. The van der Waals surface area contributed by atoms with Gasteiger partial charge in [-0.05, 0) is 88.9 Å². The number of benzene rings is 1. The molecule has 0 bridgehead atoms. The molecule has 0 unspecified atom stereocenters. The van der Waals surface area contributed by atoms with E-state index in [0.717, 1.165) is 41.6 Å². The van der Waals surface area contributed by atoms with Gasteiger partial charge in [-0.3, -0.25) is 4.68 Å². The molecule has 7 rings (SSSR count). The van der Waals surface area contributed by atoms with E-state index in [1.54, 1.807) is 6.20 Å². The number of hydrogen-bond donors (Lipinski definition) is 0. The molecule has 0 spiro atoms. The normalized spacial score (nSPS) is 25.2. The van der Waals surface area contributed by atoms with Crippen LogP contribution in [-0.2, 0) is 20.8 Å². The number of carbonyl (C=O) groups excluding carboxylic acids is 1. The van der Waals surface area contributed by atoms with Crippen molar-refractivity contribution in [2.24, 2.45) is 11.8 Å². The summed E-state index contributed by atoms with van der Waals surface area (Å²) in [5, 5.41) is 6.02. The second-order valence-electron chi connectivity index (χ2n) is 14.0. The standard InChI is InChI=1S/C34H41ClN6O4/c1-33(2,3)45-32(42)39-14-11-22(12-15-39)23-17-27(29-28(23)43-34(4,5)44-29)41-20-25(24-18-36-31(35)37-30(24)41)26-13-16-40(38-26)19-21-9-7-6-8-10-21/h6-10,13,16,18,20,22-23,27-29H,11-12,14-15,17,19H2,1-5H3/t23-,27-,28-,29+/m1/s1. The van der Waals surface area contributed by atoms with Crippen LogP contribution in [0, 0.1) is 11.8 Å². The monoisotopic (exact) mass is 632 g/mol. The molecule has 2 aliphatic heterocycles. The quantitative estimate of drug-likeness (QED) is 0.225. The van der Waals surface area contributed by atoms with Gasteiger partial charge in [0.2, 0.25) is 5.28 Å².